The van der Waals surface area contributed by atoms with E-state index in [0.29, 0.717) is 52.1 Å². The van der Waals surface area contributed by atoms with Crippen molar-refractivity contribution in [3.8, 4) is 0 Å². The van der Waals surface area contributed by atoms with Crippen LogP contribution in [-0.4, -0.2) is 41.3 Å². The maximum Gasteiger partial charge on any atom is 0.273 e. The molecule has 0 spiro atoms. The molecule has 9 heteroatoms. The van der Waals surface area contributed by atoms with E-state index in [2.05, 4.69) is 29.5 Å². The summed E-state index contributed by atoms with van der Waals surface area (Å²) in [5, 5.41) is 9.19. The molecule has 0 saturated carbocycles. The van der Waals surface area contributed by atoms with E-state index in [4.69, 9.17) is 23.2 Å². The van der Waals surface area contributed by atoms with Gasteiger partial charge in [0.15, 0.2) is 5.13 Å². The van der Waals surface area contributed by atoms with Crippen LogP contribution in [0.25, 0.3) is 0 Å². The van der Waals surface area contributed by atoms with E-state index in [1.807, 2.05) is 0 Å². The van der Waals surface area contributed by atoms with Gasteiger partial charge < -0.3 is 15.5 Å². The summed E-state index contributed by atoms with van der Waals surface area (Å²) in [5.41, 5.74) is 0.992. The van der Waals surface area contributed by atoms with Gasteiger partial charge in [-0.15, -0.1) is 11.3 Å². The number of piperidine rings is 1. The van der Waals surface area contributed by atoms with Gasteiger partial charge in [0.05, 0.1) is 21.7 Å². The van der Waals surface area contributed by atoms with E-state index in [1.54, 1.807) is 28.5 Å². The molecule has 1 saturated heterocycles. The molecule has 2 aromatic rings. The first kappa shape index (κ1) is 21.9. The zero-order valence-electron chi connectivity index (χ0n) is 16.4. The topological polar surface area (TPSA) is 74.3 Å². The van der Waals surface area contributed by atoms with E-state index in [0.717, 1.165) is 12.8 Å². The summed E-state index contributed by atoms with van der Waals surface area (Å²) in [4.78, 5) is 31.4. The van der Waals surface area contributed by atoms with Crippen LogP contribution in [0.2, 0.25) is 10.0 Å². The highest BCUT2D eigenvalue weighted by Gasteiger charge is 2.29. The average Bonchev–Trinajstić information content (AvgIpc) is 3.17. The monoisotopic (exact) mass is 454 g/mol. The molecular formula is C20H24Cl2N4O2S. The number of benzene rings is 1. The van der Waals surface area contributed by atoms with Gasteiger partial charge in [0.25, 0.3) is 5.91 Å². The zero-order valence-corrected chi connectivity index (χ0v) is 18.7. The molecule has 1 unspecified atom stereocenters. The van der Waals surface area contributed by atoms with Crippen LogP contribution in [0.5, 0.6) is 0 Å². The molecule has 0 radical (unpaired) electrons. The molecule has 156 valence electrons. The van der Waals surface area contributed by atoms with Gasteiger partial charge in [-0.2, -0.15) is 0 Å². The van der Waals surface area contributed by atoms with Crippen LogP contribution >= 0.6 is 34.5 Å². The second kappa shape index (κ2) is 9.78. The lowest BCUT2D eigenvalue weighted by atomic mass is 9.96. The highest BCUT2D eigenvalue weighted by molar-refractivity contribution is 7.14. The smallest absolute Gasteiger partial charge is 0.273 e. The number of thiazole rings is 1. The van der Waals surface area contributed by atoms with E-state index >= 15 is 0 Å². The Morgan fingerprint density at radius 3 is 2.90 bits per heavy atom. The molecule has 2 heterocycles. The minimum absolute atomic E-state index is 0.0208. The van der Waals surface area contributed by atoms with Gasteiger partial charge in [-0.25, -0.2) is 4.98 Å². The minimum atomic E-state index is -0.173. The molecule has 2 amide bonds. The third-order valence-corrected chi connectivity index (χ3v) is 6.26. The van der Waals surface area contributed by atoms with Gasteiger partial charge in [-0.1, -0.05) is 43.1 Å². The first-order chi connectivity index (χ1) is 13.8. The molecule has 2 N–H and O–H groups in total. The molecule has 29 heavy (non-hydrogen) atoms. The summed E-state index contributed by atoms with van der Waals surface area (Å²) in [6, 6.07) is 5.28. The Hall–Kier alpha value is -1.83. The summed E-state index contributed by atoms with van der Waals surface area (Å²) in [7, 11) is 0. The summed E-state index contributed by atoms with van der Waals surface area (Å²) < 4.78 is 0. The van der Waals surface area contributed by atoms with E-state index in [1.165, 1.54) is 11.3 Å². The number of nitrogens with zero attached hydrogens (tertiary/aromatic N) is 2. The normalized spacial score (nSPS) is 16.7. The maximum atomic E-state index is 12.9. The molecule has 1 aliphatic heterocycles. The number of hydrogen-bond acceptors (Lipinski definition) is 5. The number of likely N-dealkylation sites (tertiary alicyclic amines) is 1. The third kappa shape index (κ3) is 5.62. The van der Waals surface area contributed by atoms with Crippen molar-refractivity contribution in [2.45, 2.75) is 26.7 Å². The fraction of sp³-hybridized carbons (Fsp3) is 0.450. The molecule has 1 aliphatic rings. The second-order valence-electron chi connectivity index (χ2n) is 7.49. The maximum absolute atomic E-state index is 12.9. The quantitative estimate of drug-likeness (QED) is 0.655. The first-order valence-corrected chi connectivity index (χ1v) is 11.2. The number of aromatic nitrogens is 1. The molecule has 0 aliphatic carbocycles. The van der Waals surface area contributed by atoms with Crippen LogP contribution in [0.3, 0.4) is 0 Å². The van der Waals surface area contributed by atoms with E-state index < -0.39 is 0 Å². The molecule has 6 nitrogen and oxygen atoms in total. The molecule has 1 aromatic carbocycles. The fourth-order valence-electron chi connectivity index (χ4n) is 3.13. The van der Waals surface area contributed by atoms with E-state index in [9.17, 15) is 9.59 Å². The molecule has 1 atom stereocenters. The van der Waals surface area contributed by atoms with Crippen molar-refractivity contribution in [3.05, 3.63) is 39.3 Å². The molecule has 1 fully saturated rings. The Labute approximate surface area is 184 Å². The van der Waals surface area contributed by atoms with Gasteiger partial charge in [-0.3, -0.25) is 9.59 Å². The Balaban J connectivity index is 1.63. The number of amides is 2. The van der Waals surface area contributed by atoms with Crippen molar-refractivity contribution >= 4 is 57.2 Å². The van der Waals surface area contributed by atoms with Crippen LogP contribution in [0.15, 0.2) is 23.6 Å². The summed E-state index contributed by atoms with van der Waals surface area (Å²) in [6.45, 7) is 5.82. The van der Waals surface area contributed by atoms with Crippen molar-refractivity contribution in [2.24, 2.45) is 11.8 Å². The average molecular weight is 455 g/mol. The predicted octanol–water partition coefficient (Wildman–Crippen LogP) is 4.82. The zero-order chi connectivity index (χ0) is 21.0. The van der Waals surface area contributed by atoms with E-state index in [-0.39, 0.29) is 17.7 Å². The van der Waals surface area contributed by atoms with Crippen LogP contribution in [0, 0.1) is 11.8 Å². The third-order valence-electron chi connectivity index (χ3n) is 4.68. The van der Waals surface area contributed by atoms with Crippen LogP contribution < -0.4 is 10.6 Å². The molecule has 0 bridgehead atoms. The number of nitrogens with one attached hydrogen (secondary N) is 2. The SMILES string of the molecule is CC(C)CNC(=O)C1CCCN(C(=O)c2csc(Nc3cccc(Cl)c3Cl)n2)C1. The number of anilines is 2. The summed E-state index contributed by atoms with van der Waals surface area (Å²) in [6.07, 6.45) is 1.60. The highest BCUT2D eigenvalue weighted by Crippen LogP contribution is 2.32. The van der Waals surface area contributed by atoms with Crippen molar-refractivity contribution in [2.75, 3.05) is 25.0 Å². The number of carbonyl (C=O) groups is 2. The Morgan fingerprint density at radius 1 is 1.34 bits per heavy atom. The highest BCUT2D eigenvalue weighted by atomic mass is 35.5. The first-order valence-electron chi connectivity index (χ1n) is 9.58. The second-order valence-corrected chi connectivity index (χ2v) is 9.14. The van der Waals surface area contributed by atoms with Gasteiger partial charge in [0.2, 0.25) is 5.91 Å². The van der Waals surface area contributed by atoms with Crippen molar-refractivity contribution in [1.29, 1.82) is 0 Å². The van der Waals surface area contributed by atoms with Gasteiger partial charge >= 0.3 is 0 Å². The van der Waals surface area contributed by atoms with Gasteiger partial charge in [-0.05, 0) is 30.9 Å². The molecule has 1 aromatic heterocycles. The van der Waals surface area contributed by atoms with Crippen molar-refractivity contribution < 1.29 is 9.59 Å². The Morgan fingerprint density at radius 2 is 2.14 bits per heavy atom. The number of halogens is 2. The Bertz CT molecular complexity index is 887. The lowest BCUT2D eigenvalue weighted by Crippen LogP contribution is -2.46. The van der Waals surface area contributed by atoms with Crippen LogP contribution in [-0.2, 0) is 4.79 Å². The molecule has 3 rings (SSSR count). The minimum Gasteiger partial charge on any atom is -0.356 e. The van der Waals surface area contributed by atoms with Crippen molar-refractivity contribution in [1.82, 2.24) is 15.2 Å². The van der Waals surface area contributed by atoms with Gasteiger partial charge in [0.1, 0.15) is 5.69 Å². The number of carbonyl (C=O) groups excluding carboxylic acids is 2. The summed E-state index contributed by atoms with van der Waals surface area (Å²) in [5.74, 6) is 0.0856. The Kier molecular flexibility index (Phi) is 7.38. The lowest BCUT2D eigenvalue weighted by molar-refractivity contribution is -0.126. The van der Waals surface area contributed by atoms with Crippen LogP contribution in [0.1, 0.15) is 37.2 Å². The largest absolute Gasteiger partial charge is 0.356 e. The predicted molar refractivity (Wildman–Crippen MR) is 118 cm³/mol. The number of rotatable bonds is 6. The fourth-order valence-corrected chi connectivity index (χ4v) is 4.18. The summed E-state index contributed by atoms with van der Waals surface area (Å²) >= 11 is 13.5. The standard InChI is InChI=1S/C20H24Cl2N4O2S/c1-12(2)9-23-18(27)13-5-4-8-26(10-13)19(28)16-11-29-20(25-16)24-15-7-3-6-14(21)17(15)22/h3,6-7,11-13H,4-5,8-10H2,1-2H3,(H,23,27)(H,24,25). The lowest BCUT2D eigenvalue weighted by Gasteiger charge is -2.31. The van der Waals surface area contributed by atoms with Crippen molar-refractivity contribution in [3.63, 3.8) is 0 Å². The molecular weight excluding hydrogens is 431 g/mol. The number of hydrogen-bond donors (Lipinski definition) is 2. The van der Waals surface area contributed by atoms with Gasteiger partial charge in [0, 0.05) is 25.0 Å². The van der Waals surface area contributed by atoms with Crippen LogP contribution in [0.4, 0.5) is 10.8 Å².